The topological polar surface area (TPSA) is 46.9 Å². The first-order valence-electron chi connectivity index (χ1n) is 7.45. The molecule has 0 spiro atoms. The fourth-order valence-electron chi connectivity index (χ4n) is 2.31. The van der Waals surface area contributed by atoms with Crippen molar-refractivity contribution in [3.8, 4) is 5.69 Å². The van der Waals surface area contributed by atoms with Gasteiger partial charge < -0.3 is 5.32 Å². The summed E-state index contributed by atoms with van der Waals surface area (Å²) >= 11 is 11.9. The summed E-state index contributed by atoms with van der Waals surface area (Å²) in [7, 11) is 0. The third-order valence-corrected chi connectivity index (χ3v) is 3.98. The lowest BCUT2D eigenvalue weighted by Gasteiger charge is -2.04. The van der Waals surface area contributed by atoms with E-state index in [0.717, 1.165) is 11.3 Å². The van der Waals surface area contributed by atoms with E-state index in [1.807, 2.05) is 36.4 Å². The van der Waals surface area contributed by atoms with Crippen LogP contribution in [0.1, 0.15) is 15.9 Å². The minimum Gasteiger partial charge on any atom is -0.352 e. The van der Waals surface area contributed by atoms with Crippen molar-refractivity contribution in [2.24, 2.45) is 0 Å². The number of benzene rings is 2. The van der Waals surface area contributed by atoms with Crippen LogP contribution < -0.4 is 5.32 Å². The highest BCUT2D eigenvalue weighted by Gasteiger charge is 2.09. The predicted octanol–water partition coefficient (Wildman–Crippen LogP) is 4.15. The van der Waals surface area contributed by atoms with Gasteiger partial charge in [0.1, 0.15) is 0 Å². The molecule has 122 valence electrons. The molecule has 0 radical (unpaired) electrons. The molecule has 1 aromatic heterocycles. The normalized spacial score (nSPS) is 10.6. The van der Waals surface area contributed by atoms with Gasteiger partial charge in [0.05, 0.1) is 17.4 Å². The Bertz CT molecular complexity index is 861. The van der Waals surface area contributed by atoms with Crippen molar-refractivity contribution in [2.45, 2.75) is 6.42 Å². The fraction of sp³-hybridized carbons (Fsp3) is 0.111. The van der Waals surface area contributed by atoms with Crippen LogP contribution in [-0.4, -0.2) is 22.2 Å². The first-order valence-corrected chi connectivity index (χ1v) is 8.21. The zero-order valence-electron chi connectivity index (χ0n) is 12.7. The highest BCUT2D eigenvalue weighted by molar-refractivity contribution is 6.31. The minimum atomic E-state index is -0.162. The van der Waals surface area contributed by atoms with Gasteiger partial charge in [0, 0.05) is 22.8 Å². The number of nitrogens with one attached hydrogen (secondary N) is 1. The summed E-state index contributed by atoms with van der Waals surface area (Å²) in [6, 6.07) is 14.9. The van der Waals surface area contributed by atoms with Crippen LogP contribution in [0.5, 0.6) is 0 Å². The molecule has 2 aromatic carbocycles. The van der Waals surface area contributed by atoms with Crippen molar-refractivity contribution in [2.75, 3.05) is 6.54 Å². The summed E-state index contributed by atoms with van der Waals surface area (Å²) < 4.78 is 1.62. The van der Waals surface area contributed by atoms with E-state index >= 15 is 0 Å². The lowest BCUT2D eigenvalue weighted by Crippen LogP contribution is -2.25. The van der Waals surface area contributed by atoms with Gasteiger partial charge in [-0.2, -0.15) is 5.10 Å². The van der Waals surface area contributed by atoms with E-state index in [2.05, 4.69) is 10.4 Å². The van der Waals surface area contributed by atoms with Gasteiger partial charge >= 0.3 is 0 Å². The molecule has 0 saturated heterocycles. The van der Waals surface area contributed by atoms with Gasteiger partial charge in [0.25, 0.3) is 5.91 Å². The predicted molar refractivity (Wildman–Crippen MR) is 96.1 cm³/mol. The Kier molecular flexibility index (Phi) is 5.18. The monoisotopic (exact) mass is 359 g/mol. The van der Waals surface area contributed by atoms with Crippen LogP contribution in [0.4, 0.5) is 0 Å². The van der Waals surface area contributed by atoms with E-state index in [-0.39, 0.29) is 5.91 Å². The molecular formula is C18H15Cl2N3O. The second kappa shape index (κ2) is 7.51. The number of halogens is 2. The maximum atomic E-state index is 12.2. The number of rotatable bonds is 5. The first kappa shape index (κ1) is 16.6. The van der Waals surface area contributed by atoms with Gasteiger partial charge in [-0.05, 0) is 42.3 Å². The highest BCUT2D eigenvalue weighted by atomic mass is 35.5. The van der Waals surface area contributed by atoms with E-state index in [1.165, 1.54) is 6.20 Å². The number of hydrogen-bond donors (Lipinski definition) is 1. The minimum absolute atomic E-state index is 0.162. The van der Waals surface area contributed by atoms with Gasteiger partial charge in [-0.3, -0.25) is 4.79 Å². The molecule has 1 heterocycles. The molecule has 0 bridgehead atoms. The Morgan fingerprint density at radius 1 is 1.08 bits per heavy atom. The summed E-state index contributed by atoms with van der Waals surface area (Å²) in [5, 5.41) is 8.40. The van der Waals surface area contributed by atoms with Crippen LogP contribution in [0.25, 0.3) is 5.69 Å². The van der Waals surface area contributed by atoms with Gasteiger partial charge in [-0.1, -0.05) is 41.4 Å². The van der Waals surface area contributed by atoms with Crippen LogP contribution in [0, 0.1) is 0 Å². The maximum absolute atomic E-state index is 12.2. The molecule has 0 aliphatic rings. The summed E-state index contributed by atoms with van der Waals surface area (Å²) in [5.74, 6) is -0.162. The molecule has 0 unspecified atom stereocenters. The summed E-state index contributed by atoms with van der Waals surface area (Å²) in [6.45, 7) is 0.529. The Balaban J connectivity index is 1.60. The Morgan fingerprint density at radius 2 is 1.83 bits per heavy atom. The molecule has 4 nitrogen and oxygen atoms in total. The highest BCUT2D eigenvalue weighted by Crippen LogP contribution is 2.15. The quantitative estimate of drug-likeness (QED) is 0.743. The SMILES string of the molecule is O=C(NCCc1cccc(Cl)c1)c1cnn(-c2cccc(Cl)c2)c1. The standard InChI is InChI=1S/C18H15Cl2N3O/c19-15-4-1-3-13(9-15)7-8-21-18(24)14-11-22-23(12-14)17-6-2-5-16(20)10-17/h1-6,9-12H,7-8H2,(H,21,24). The lowest BCUT2D eigenvalue weighted by molar-refractivity contribution is 0.0954. The van der Waals surface area contributed by atoms with E-state index in [1.54, 1.807) is 23.0 Å². The van der Waals surface area contributed by atoms with Gasteiger partial charge in [-0.15, -0.1) is 0 Å². The van der Waals surface area contributed by atoms with Gasteiger partial charge in [0.15, 0.2) is 0 Å². The van der Waals surface area contributed by atoms with Crippen LogP contribution in [0.3, 0.4) is 0 Å². The van der Waals surface area contributed by atoms with E-state index in [4.69, 9.17) is 23.2 Å². The maximum Gasteiger partial charge on any atom is 0.254 e. The molecule has 0 aliphatic carbocycles. The zero-order valence-corrected chi connectivity index (χ0v) is 14.3. The van der Waals surface area contributed by atoms with Crippen LogP contribution in [0.15, 0.2) is 60.9 Å². The number of carbonyl (C=O) groups excluding carboxylic acids is 1. The first-order chi connectivity index (χ1) is 11.6. The van der Waals surface area contributed by atoms with Crippen molar-refractivity contribution in [1.29, 1.82) is 0 Å². The molecule has 0 atom stereocenters. The third kappa shape index (κ3) is 4.16. The largest absolute Gasteiger partial charge is 0.352 e. The molecule has 6 heteroatoms. The van der Waals surface area contributed by atoms with E-state index in [9.17, 15) is 4.79 Å². The van der Waals surface area contributed by atoms with Gasteiger partial charge in [0.2, 0.25) is 0 Å². The Morgan fingerprint density at radius 3 is 2.58 bits per heavy atom. The molecular weight excluding hydrogens is 345 g/mol. The van der Waals surface area contributed by atoms with Crippen LogP contribution in [0.2, 0.25) is 10.0 Å². The number of amides is 1. The molecule has 0 saturated carbocycles. The molecule has 1 N–H and O–H groups in total. The molecule has 24 heavy (non-hydrogen) atoms. The average molecular weight is 360 g/mol. The zero-order chi connectivity index (χ0) is 16.9. The third-order valence-electron chi connectivity index (χ3n) is 3.51. The lowest BCUT2D eigenvalue weighted by atomic mass is 10.1. The van der Waals surface area contributed by atoms with Crippen molar-refractivity contribution in [3.05, 3.63) is 82.1 Å². The summed E-state index contributed by atoms with van der Waals surface area (Å²) in [6.07, 6.45) is 3.94. The molecule has 0 fully saturated rings. The fourth-order valence-corrected chi connectivity index (χ4v) is 2.71. The smallest absolute Gasteiger partial charge is 0.254 e. The molecule has 3 rings (SSSR count). The van der Waals surface area contributed by atoms with Crippen molar-refractivity contribution in [1.82, 2.24) is 15.1 Å². The van der Waals surface area contributed by atoms with E-state index < -0.39 is 0 Å². The van der Waals surface area contributed by atoms with Crippen LogP contribution >= 0.6 is 23.2 Å². The Hall–Kier alpha value is -2.30. The summed E-state index contributed by atoms with van der Waals surface area (Å²) in [4.78, 5) is 12.2. The van der Waals surface area contributed by atoms with Crippen molar-refractivity contribution in [3.63, 3.8) is 0 Å². The molecule has 1 amide bonds. The number of carbonyl (C=O) groups is 1. The van der Waals surface area contributed by atoms with Crippen molar-refractivity contribution < 1.29 is 4.79 Å². The second-order valence-electron chi connectivity index (χ2n) is 5.29. The second-order valence-corrected chi connectivity index (χ2v) is 6.16. The molecule has 0 aliphatic heterocycles. The number of hydrogen-bond acceptors (Lipinski definition) is 2. The Labute approximate surface area is 150 Å². The van der Waals surface area contributed by atoms with Crippen LogP contribution in [-0.2, 0) is 6.42 Å². The van der Waals surface area contributed by atoms with E-state index in [0.29, 0.717) is 28.6 Å². The van der Waals surface area contributed by atoms with Crippen molar-refractivity contribution >= 4 is 29.1 Å². The number of aromatic nitrogens is 2. The van der Waals surface area contributed by atoms with Gasteiger partial charge in [-0.25, -0.2) is 4.68 Å². The summed E-state index contributed by atoms with van der Waals surface area (Å²) in [5.41, 5.74) is 2.39. The number of nitrogens with zero attached hydrogens (tertiary/aromatic N) is 2. The molecule has 3 aromatic rings. The average Bonchev–Trinajstić information content (AvgIpc) is 3.05.